The van der Waals surface area contributed by atoms with Gasteiger partial charge in [0.05, 0.1) is 16.1 Å². The fourth-order valence-electron chi connectivity index (χ4n) is 2.02. The van der Waals surface area contributed by atoms with Crippen LogP contribution in [0.1, 0.15) is 5.56 Å². The van der Waals surface area contributed by atoms with Gasteiger partial charge in [0.1, 0.15) is 0 Å². The fourth-order valence-corrected chi connectivity index (χ4v) is 2.25. The first-order valence-electron chi connectivity index (χ1n) is 5.14. The third-order valence-electron chi connectivity index (χ3n) is 2.84. The highest BCUT2D eigenvalue weighted by molar-refractivity contribution is 6.38. The summed E-state index contributed by atoms with van der Waals surface area (Å²) >= 11 is 6.00. The second-order valence-electron chi connectivity index (χ2n) is 3.87. The summed E-state index contributed by atoms with van der Waals surface area (Å²) in [6, 6.07) is 5.19. The topological polar surface area (TPSA) is 82.2 Å². The normalized spacial score (nSPS) is 15.6. The molecule has 0 aliphatic carbocycles. The molecule has 0 atom stereocenters. The second kappa shape index (κ2) is 3.61. The number of para-hydroxylation sites is 1. The lowest BCUT2D eigenvalue weighted by Gasteiger charge is -1.98. The van der Waals surface area contributed by atoms with Crippen molar-refractivity contribution in [1.29, 1.82) is 0 Å². The molecule has 2 amide bonds. The zero-order valence-corrected chi connectivity index (χ0v) is 9.71. The molecule has 5 nitrogen and oxygen atoms in total. The summed E-state index contributed by atoms with van der Waals surface area (Å²) in [5, 5.41) is 12.8. The first-order valence-corrected chi connectivity index (χ1v) is 5.52. The predicted molar refractivity (Wildman–Crippen MR) is 66.0 cm³/mol. The smallest absolute Gasteiger partial charge is 0.293 e. The molecule has 2 heterocycles. The van der Waals surface area contributed by atoms with Crippen molar-refractivity contribution in [3.8, 4) is 0 Å². The molecule has 0 saturated heterocycles. The number of aliphatic hydroxyl groups excluding tert-OH is 1. The van der Waals surface area contributed by atoms with Gasteiger partial charge in [-0.1, -0.05) is 23.7 Å². The van der Waals surface area contributed by atoms with Gasteiger partial charge in [0.15, 0.2) is 5.76 Å². The van der Waals surface area contributed by atoms with Gasteiger partial charge < -0.3 is 10.1 Å². The molecule has 0 radical (unpaired) electrons. The van der Waals surface area contributed by atoms with Crippen LogP contribution < -0.4 is 5.32 Å². The van der Waals surface area contributed by atoms with Crippen LogP contribution in [-0.4, -0.2) is 21.9 Å². The molecule has 1 aliphatic rings. The zero-order valence-electron chi connectivity index (χ0n) is 8.95. The minimum atomic E-state index is -0.786. The first-order chi connectivity index (χ1) is 8.59. The van der Waals surface area contributed by atoms with E-state index in [9.17, 15) is 14.7 Å². The minimum Gasteiger partial charge on any atom is -0.502 e. The molecule has 6 heteroatoms. The number of rotatable bonds is 1. The largest absolute Gasteiger partial charge is 0.502 e. The summed E-state index contributed by atoms with van der Waals surface area (Å²) in [5.41, 5.74) is 1.07. The van der Waals surface area contributed by atoms with Crippen LogP contribution in [0.5, 0.6) is 0 Å². The van der Waals surface area contributed by atoms with Gasteiger partial charge in [-0.25, -0.2) is 0 Å². The number of nitrogens with one attached hydrogen (secondary N) is 2. The summed E-state index contributed by atoms with van der Waals surface area (Å²) in [4.78, 5) is 25.8. The Balaban J connectivity index is 2.31. The number of benzene rings is 1. The maximum Gasteiger partial charge on any atom is 0.293 e. The van der Waals surface area contributed by atoms with Gasteiger partial charge in [-0.2, -0.15) is 0 Å². The maximum absolute atomic E-state index is 11.6. The molecule has 0 fully saturated rings. The van der Waals surface area contributed by atoms with E-state index in [0.717, 1.165) is 0 Å². The van der Waals surface area contributed by atoms with Gasteiger partial charge in [0, 0.05) is 17.1 Å². The highest BCUT2D eigenvalue weighted by atomic mass is 35.5. The van der Waals surface area contributed by atoms with Crippen LogP contribution in [0, 0.1) is 0 Å². The molecule has 1 aliphatic heterocycles. The van der Waals surface area contributed by atoms with Gasteiger partial charge in [-0.3, -0.25) is 14.9 Å². The summed E-state index contributed by atoms with van der Waals surface area (Å²) < 4.78 is 0. The molecule has 0 saturated carbocycles. The molecule has 3 N–H and O–H groups in total. The monoisotopic (exact) mass is 262 g/mol. The number of carbonyl (C=O) groups excluding carboxylic acids is 2. The number of hydrogen-bond acceptors (Lipinski definition) is 3. The Bertz CT molecular complexity index is 730. The first kappa shape index (κ1) is 10.9. The van der Waals surface area contributed by atoms with Gasteiger partial charge in [0.2, 0.25) is 0 Å². The Labute approximate surface area is 106 Å². The summed E-state index contributed by atoms with van der Waals surface area (Å²) in [6.45, 7) is 0. The van der Waals surface area contributed by atoms with Crippen LogP contribution in [0.25, 0.3) is 16.5 Å². The van der Waals surface area contributed by atoms with Gasteiger partial charge >= 0.3 is 0 Å². The number of amides is 2. The van der Waals surface area contributed by atoms with Crippen LogP contribution >= 0.6 is 11.6 Å². The Morgan fingerprint density at radius 3 is 2.61 bits per heavy atom. The van der Waals surface area contributed by atoms with E-state index in [1.54, 1.807) is 24.4 Å². The van der Waals surface area contributed by atoms with Crippen LogP contribution in [0.15, 0.2) is 30.2 Å². The van der Waals surface area contributed by atoms with Crippen LogP contribution in [0.2, 0.25) is 5.02 Å². The van der Waals surface area contributed by atoms with Crippen molar-refractivity contribution in [2.75, 3.05) is 0 Å². The molecule has 0 unspecified atom stereocenters. The zero-order chi connectivity index (χ0) is 12.9. The number of H-pyrrole nitrogens is 1. The number of fused-ring (bicyclic) bond motifs is 1. The molecule has 2 aromatic rings. The average Bonchev–Trinajstić information content (AvgIpc) is 2.84. The number of hydrogen-bond donors (Lipinski definition) is 3. The molecule has 1 aromatic heterocycles. The summed E-state index contributed by atoms with van der Waals surface area (Å²) in [6.07, 6.45) is 1.54. The molecule has 3 rings (SSSR count). The Morgan fingerprint density at radius 2 is 1.94 bits per heavy atom. The highest BCUT2D eigenvalue weighted by Gasteiger charge is 2.32. The molecule has 1 aromatic carbocycles. The van der Waals surface area contributed by atoms with Crippen molar-refractivity contribution >= 4 is 39.9 Å². The van der Waals surface area contributed by atoms with E-state index in [0.29, 0.717) is 21.5 Å². The third-order valence-corrected chi connectivity index (χ3v) is 3.15. The number of halogens is 1. The van der Waals surface area contributed by atoms with E-state index < -0.39 is 17.6 Å². The van der Waals surface area contributed by atoms with Crippen molar-refractivity contribution in [2.24, 2.45) is 0 Å². The van der Waals surface area contributed by atoms with Crippen LogP contribution in [0.3, 0.4) is 0 Å². The van der Waals surface area contributed by atoms with Crippen molar-refractivity contribution < 1.29 is 14.7 Å². The maximum atomic E-state index is 11.6. The predicted octanol–water partition coefficient (Wildman–Crippen LogP) is 1.75. The molecule has 0 bridgehead atoms. The van der Waals surface area contributed by atoms with Crippen molar-refractivity contribution in [3.63, 3.8) is 0 Å². The summed E-state index contributed by atoms with van der Waals surface area (Å²) in [5.74, 6) is -1.97. The molecule has 90 valence electrons. The number of carbonyl (C=O) groups is 2. The van der Waals surface area contributed by atoms with E-state index >= 15 is 0 Å². The van der Waals surface area contributed by atoms with Gasteiger partial charge in [-0.15, -0.1) is 0 Å². The quantitative estimate of drug-likeness (QED) is 0.685. The molecular formula is C12H7ClN2O3. The van der Waals surface area contributed by atoms with E-state index in [1.165, 1.54) is 0 Å². The Hall–Kier alpha value is -2.27. The van der Waals surface area contributed by atoms with Crippen molar-refractivity contribution in [1.82, 2.24) is 10.3 Å². The van der Waals surface area contributed by atoms with Crippen molar-refractivity contribution in [3.05, 3.63) is 40.7 Å². The number of aliphatic hydroxyl groups is 1. The molecule has 18 heavy (non-hydrogen) atoms. The second-order valence-corrected chi connectivity index (χ2v) is 4.28. The third kappa shape index (κ3) is 1.34. The van der Waals surface area contributed by atoms with Crippen molar-refractivity contribution in [2.45, 2.75) is 0 Å². The number of imide groups is 1. The number of aromatic amines is 1. The standard InChI is InChI=1S/C12H7ClN2O3/c13-7-3-1-2-5-6(4-14-9(5)7)8-10(16)12(18)15-11(8)17/h1-4,14H,(H2,15,16,17,18). The van der Waals surface area contributed by atoms with E-state index in [4.69, 9.17) is 11.6 Å². The lowest BCUT2D eigenvalue weighted by atomic mass is 10.0. The van der Waals surface area contributed by atoms with Gasteiger partial charge in [-0.05, 0) is 6.07 Å². The Kier molecular flexibility index (Phi) is 2.18. The van der Waals surface area contributed by atoms with E-state index in [1.807, 2.05) is 5.32 Å². The van der Waals surface area contributed by atoms with Crippen LogP contribution in [-0.2, 0) is 9.59 Å². The molecule has 0 spiro atoms. The van der Waals surface area contributed by atoms with Crippen LogP contribution in [0.4, 0.5) is 0 Å². The number of aromatic nitrogens is 1. The lowest BCUT2D eigenvalue weighted by molar-refractivity contribution is -0.124. The van der Waals surface area contributed by atoms with E-state index in [2.05, 4.69) is 4.98 Å². The van der Waals surface area contributed by atoms with E-state index in [-0.39, 0.29) is 5.57 Å². The highest BCUT2D eigenvalue weighted by Crippen LogP contribution is 2.32. The molecular weight excluding hydrogens is 256 g/mol. The Morgan fingerprint density at radius 1 is 1.17 bits per heavy atom. The SMILES string of the molecule is O=C1NC(=O)C(c2c[nH]c3c(Cl)cccc23)=C1O. The fraction of sp³-hybridized carbons (Fsp3) is 0. The minimum absolute atomic E-state index is 0.0338. The average molecular weight is 263 g/mol. The van der Waals surface area contributed by atoms with Gasteiger partial charge in [0.25, 0.3) is 11.8 Å². The summed E-state index contributed by atoms with van der Waals surface area (Å²) in [7, 11) is 0. The lowest BCUT2D eigenvalue weighted by Crippen LogP contribution is -2.22.